The van der Waals surface area contributed by atoms with Gasteiger partial charge >= 0.3 is 0 Å². The van der Waals surface area contributed by atoms with E-state index in [1.165, 1.54) is 0 Å². The van der Waals surface area contributed by atoms with Crippen molar-refractivity contribution >= 4 is 51.9 Å². The number of benzene rings is 2. The number of nitrogens with zero attached hydrogens (tertiary/aromatic N) is 2. The number of amides is 1. The molecule has 5 nitrogen and oxygen atoms in total. The lowest BCUT2D eigenvalue weighted by atomic mass is 9.96. The van der Waals surface area contributed by atoms with E-state index in [0.717, 1.165) is 37.0 Å². The van der Waals surface area contributed by atoms with Crippen molar-refractivity contribution in [2.45, 2.75) is 12.8 Å². The third kappa shape index (κ3) is 3.50. The van der Waals surface area contributed by atoms with Crippen molar-refractivity contribution in [3.8, 4) is 0 Å². The van der Waals surface area contributed by atoms with Gasteiger partial charge in [-0.25, -0.2) is 0 Å². The molecule has 1 N–H and O–H groups in total. The normalized spacial score (nSPS) is 15.4. The number of nitrogens with one attached hydrogen (secondary N) is 1. The average Bonchev–Trinajstić information content (AvgIpc) is 3.09. The second-order valence-electron chi connectivity index (χ2n) is 6.34. The summed E-state index contributed by atoms with van der Waals surface area (Å²) in [7, 11) is 0. The van der Waals surface area contributed by atoms with Crippen molar-refractivity contribution in [2.75, 3.05) is 23.3 Å². The first-order valence-electron chi connectivity index (χ1n) is 8.46. The van der Waals surface area contributed by atoms with Crippen LogP contribution in [-0.2, 0) is 4.79 Å². The minimum absolute atomic E-state index is 0.000560. The number of piperidine rings is 1. The van der Waals surface area contributed by atoms with Crippen LogP contribution in [0.4, 0.5) is 11.7 Å². The molecule has 0 unspecified atom stereocenters. The number of hydrogen-bond acceptors (Lipinski definition) is 4. The number of aromatic nitrogens is 1. The van der Waals surface area contributed by atoms with Crippen molar-refractivity contribution in [3.05, 3.63) is 52.5 Å². The van der Waals surface area contributed by atoms with Gasteiger partial charge in [-0.1, -0.05) is 35.3 Å². The zero-order valence-electron chi connectivity index (χ0n) is 13.9. The molecule has 0 spiro atoms. The summed E-state index contributed by atoms with van der Waals surface area (Å²) in [4.78, 5) is 19.1. The lowest BCUT2D eigenvalue weighted by Gasteiger charge is -2.30. The molecule has 2 aromatic carbocycles. The number of hydrogen-bond donors (Lipinski definition) is 1. The van der Waals surface area contributed by atoms with E-state index in [9.17, 15) is 4.79 Å². The monoisotopic (exact) mass is 389 g/mol. The summed E-state index contributed by atoms with van der Waals surface area (Å²) in [6, 6.07) is 13.4. The Morgan fingerprint density at radius 1 is 1.12 bits per heavy atom. The van der Waals surface area contributed by atoms with Crippen LogP contribution in [0.5, 0.6) is 0 Å². The number of fused-ring (bicyclic) bond motifs is 1. The topological polar surface area (TPSA) is 58.4 Å². The summed E-state index contributed by atoms with van der Waals surface area (Å²) in [5.41, 5.74) is 2.29. The van der Waals surface area contributed by atoms with Gasteiger partial charge in [0.1, 0.15) is 5.52 Å². The lowest BCUT2D eigenvalue weighted by Crippen LogP contribution is -2.38. The van der Waals surface area contributed by atoms with Crippen LogP contribution < -0.4 is 10.2 Å². The highest BCUT2D eigenvalue weighted by atomic mass is 35.5. The second kappa shape index (κ2) is 7.17. The average molecular weight is 390 g/mol. The number of carbonyl (C=O) groups excluding carboxylic acids is 1. The van der Waals surface area contributed by atoms with Gasteiger partial charge in [0.2, 0.25) is 5.91 Å². The first-order valence-corrected chi connectivity index (χ1v) is 9.22. The predicted molar refractivity (Wildman–Crippen MR) is 104 cm³/mol. The van der Waals surface area contributed by atoms with Gasteiger partial charge < -0.3 is 14.6 Å². The van der Waals surface area contributed by atoms with Crippen LogP contribution in [0.2, 0.25) is 10.0 Å². The van der Waals surface area contributed by atoms with E-state index in [1.807, 2.05) is 24.3 Å². The molecule has 134 valence electrons. The van der Waals surface area contributed by atoms with E-state index >= 15 is 0 Å². The van der Waals surface area contributed by atoms with E-state index in [-0.39, 0.29) is 11.8 Å². The van der Waals surface area contributed by atoms with E-state index in [4.69, 9.17) is 27.6 Å². The maximum atomic E-state index is 12.5. The van der Waals surface area contributed by atoms with Crippen molar-refractivity contribution < 1.29 is 9.21 Å². The third-order valence-corrected chi connectivity index (χ3v) is 5.35. The minimum Gasteiger partial charge on any atom is -0.423 e. The van der Waals surface area contributed by atoms with Gasteiger partial charge in [0.05, 0.1) is 10.0 Å². The molecular weight excluding hydrogens is 373 g/mol. The van der Waals surface area contributed by atoms with E-state index in [0.29, 0.717) is 21.7 Å². The number of para-hydroxylation sites is 2. The molecule has 4 rings (SSSR count). The maximum Gasteiger partial charge on any atom is 0.298 e. The molecule has 1 aromatic heterocycles. The van der Waals surface area contributed by atoms with Crippen molar-refractivity contribution in [1.29, 1.82) is 0 Å². The van der Waals surface area contributed by atoms with Crippen LogP contribution in [0.1, 0.15) is 12.8 Å². The van der Waals surface area contributed by atoms with Crippen LogP contribution in [0.3, 0.4) is 0 Å². The molecule has 0 saturated carbocycles. The summed E-state index contributed by atoms with van der Waals surface area (Å²) in [6.07, 6.45) is 1.48. The Kier molecular flexibility index (Phi) is 4.74. The minimum atomic E-state index is -0.0509. The molecule has 1 amide bonds. The van der Waals surface area contributed by atoms with Crippen molar-refractivity contribution in [3.63, 3.8) is 0 Å². The molecule has 3 aromatic rings. The molecule has 0 atom stereocenters. The van der Waals surface area contributed by atoms with Crippen molar-refractivity contribution in [1.82, 2.24) is 4.98 Å². The van der Waals surface area contributed by atoms with Gasteiger partial charge in [-0.05, 0) is 43.2 Å². The highest BCUT2D eigenvalue weighted by Crippen LogP contribution is 2.28. The number of halogens is 2. The molecule has 1 aliphatic heterocycles. The largest absolute Gasteiger partial charge is 0.423 e. The fraction of sp³-hybridized carbons (Fsp3) is 0.263. The van der Waals surface area contributed by atoms with Gasteiger partial charge in [-0.2, -0.15) is 4.98 Å². The lowest BCUT2D eigenvalue weighted by molar-refractivity contribution is -0.120. The Labute approximate surface area is 160 Å². The first kappa shape index (κ1) is 17.2. The van der Waals surface area contributed by atoms with Gasteiger partial charge in [0, 0.05) is 24.7 Å². The van der Waals surface area contributed by atoms with E-state index in [1.54, 1.807) is 18.2 Å². The quantitative estimate of drug-likeness (QED) is 0.685. The molecule has 0 radical (unpaired) electrons. The highest BCUT2D eigenvalue weighted by Gasteiger charge is 2.27. The zero-order valence-corrected chi connectivity index (χ0v) is 15.4. The van der Waals surface area contributed by atoms with Gasteiger partial charge in [-0.15, -0.1) is 0 Å². The third-order valence-electron chi connectivity index (χ3n) is 4.61. The highest BCUT2D eigenvalue weighted by molar-refractivity contribution is 6.42. The van der Waals surface area contributed by atoms with Gasteiger partial charge in [0.25, 0.3) is 6.01 Å². The Hall–Kier alpha value is -2.24. The number of oxazole rings is 1. The number of carbonyl (C=O) groups is 1. The van der Waals surface area contributed by atoms with Gasteiger partial charge in [-0.3, -0.25) is 4.79 Å². The molecule has 7 heteroatoms. The maximum absolute atomic E-state index is 12.5. The van der Waals surface area contributed by atoms with E-state index in [2.05, 4.69) is 15.2 Å². The standard InChI is InChI=1S/C19H17Cl2N3O2/c20-14-6-5-13(11-15(14)21)22-18(25)12-7-9-24(10-8-12)19-23-16-3-1-2-4-17(16)26-19/h1-6,11-12H,7-10H2,(H,22,25). The summed E-state index contributed by atoms with van der Waals surface area (Å²) >= 11 is 11.9. The number of rotatable bonds is 3. The molecule has 2 heterocycles. The fourth-order valence-electron chi connectivity index (χ4n) is 3.15. The molecule has 0 bridgehead atoms. The summed E-state index contributed by atoms with van der Waals surface area (Å²) in [5.74, 6) is -0.0503. The molecule has 1 aliphatic rings. The van der Waals surface area contributed by atoms with E-state index < -0.39 is 0 Å². The summed E-state index contributed by atoms with van der Waals surface area (Å²) < 4.78 is 5.81. The van der Waals surface area contributed by atoms with Crippen LogP contribution in [-0.4, -0.2) is 24.0 Å². The Morgan fingerprint density at radius 2 is 1.88 bits per heavy atom. The van der Waals surface area contributed by atoms with Crippen LogP contribution in [0, 0.1) is 5.92 Å². The zero-order chi connectivity index (χ0) is 18.1. The molecule has 26 heavy (non-hydrogen) atoms. The number of anilines is 2. The molecular formula is C19H17Cl2N3O2. The Morgan fingerprint density at radius 3 is 2.62 bits per heavy atom. The van der Waals surface area contributed by atoms with Crippen molar-refractivity contribution in [2.24, 2.45) is 5.92 Å². The Bertz CT molecular complexity index is 916. The Balaban J connectivity index is 1.38. The first-order chi connectivity index (χ1) is 12.6. The molecule has 1 fully saturated rings. The second-order valence-corrected chi connectivity index (χ2v) is 7.16. The van der Waals surface area contributed by atoms with Gasteiger partial charge in [0.15, 0.2) is 5.58 Å². The molecule has 1 saturated heterocycles. The van der Waals surface area contributed by atoms with Crippen LogP contribution >= 0.6 is 23.2 Å². The fourth-order valence-corrected chi connectivity index (χ4v) is 3.44. The summed E-state index contributed by atoms with van der Waals surface area (Å²) in [5, 5.41) is 3.81. The smallest absolute Gasteiger partial charge is 0.298 e. The summed E-state index contributed by atoms with van der Waals surface area (Å²) in [6.45, 7) is 1.46. The van der Waals surface area contributed by atoms with Crippen LogP contribution in [0.25, 0.3) is 11.1 Å². The predicted octanol–water partition coefficient (Wildman–Crippen LogP) is 4.99. The van der Waals surface area contributed by atoms with Crippen LogP contribution in [0.15, 0.2) is 46.9 Å². The molecule has 0 aliphatic carbocycles. The SMILES string of the molecule is O=C(Nc1ccc(Cl)c(Cl)c1)C1CCN(c2nc3ccccc3o2)CC1.